The number of pyridine rings is 2. The molecule has 1 saturated heterocycles. The van der Waals surface area contributed by atoms with Crippen molar-refractivity contribution in [3.05, 3.63) is 176 Å². The molecule has 0 bridgehead atoms. The molecule has 426 valence electrons. The molecule has 0 aliphatic carbocycles. The molecule has 1 fully saturated rings. The molecule has 82 heavy (non-hydrogen) atoms. The fraction of sp³-hybridized carbons (Fsp3) is 0.349. The summed E-state index contributed by atoms with van der Waals surface area (Å²) in [5, 5.41) is 23.1. The van der Waals surface area contributed by atoms with Crippen molar-refractivity contribution in [3.8, 4) is 0 Å². The van der Waals surface area contributed by atoms with Gasteiger partial charge in [-0.15, -0.1) is 0 Å². The summed E-state index contributed by atoms with van der Waals surface area (Å²) < 4.78 is 7.08. The highest BCUT2D eigenvalue weighted by Crippen LogP contribution is 2.47. The number of carbonyl (C=O) groups excluding carboxylic acids is 3. The molecule has 17 nitrogen and oxygen atoms in total. The lowest BCUT2D eigenvalue weighted by Gasteiger charge is -2.27. The number of aliphatic hydroxyl groups is 1. The molecule has 3 aromatic heterocycles. The molecule has 7 aromatic rings. The number of anilines is 2. The number of hydrogen-bond acceptors (Lipinski definition) is 14. The van der Waals surface area contributed by atoms with Gasteiger partial charge in [0.15, 0.2) is 0 Å². The van der Waals surface area contributed by atoms with Gasteiger partial charge in [0, 0.05) is 123 Å². The van der Waals surface area contributed by atoms with Crippen LogP contribution in [0.2, 0.25) is 0 Å². The molecule has 0 radical (unpaired) electrons. The van der Waals surface area contributed by atoms with Crippen LogP contribution in [0, 0.1) is 0 Å². The maximum Gasteiger partial charge on any atom is 0.330 e. The number of benzene rings is 4. The lowest BCUT2D eigenvalue weighted by molar-refractivity contribution is -0.121. The molecule has 4 aromatic carbocycles. The average Bonchev–Trinajstić information content (AvgIpc) is 4.15. The predicted molar refractivity (Wildman–Crippen MR) is 327 cm³/mol. The minimum Gasteiger partial charge on any atom is -0.390 e. The number of H-pyrrole nitrogens is 1. The Bertz CT molecular complexity index is 3560. The van der Waals surface area contributed by atoms with Crippen LogP contribution < -0.4 is 37.0 Å². The van der Waals surface area contributed by atoms with E-state index in [1.54, 1.807) is 11.8 Å². The Morgan fingerprint density at radius 1 is 0.744 bits per heavy atom. The summed E-state index contributed by atoms with van der Waals surface area (Å²) in [6.45, 7) is 5.84. The van der Waals surface area contributed by atoms with Crippen LogP contribution in [-0.4, -0.2) is 117 Å². The van der Waals surface area contributed by atoms with Gasteiger partial charge in [0.25, 0.3) is 5.56 Å². The number of aliphatic hydroxyl groups excluding tert-OH is 1. The molecule has 3 aliphatic rings. The maximum absolute atomic E-state index is 13.3. The van der Waals surface area contributed by atoms with E-state index in [0.29, 0.717) is 58.4 Å². The zero-order valence-electron chi connectivity index (χ0n) is 46.1. The third-order valence-corrected chi connectivity index (χ3v) is 17.6. The number of hydrogen-bond donors (Lipinski definition) is 5. The molecule has 5 N–H and O–H groups in total. The number of aromatic nitrogens is 4. The van der Waals surface area contributed by atoms with Gasteiger partial charge in [-0.3, -0.25) is 43.6 Å². The van der Waals surface area contributed by atoms with Crippen molar-refractivity contribution in [1.82, 2.24) is 40.4 Å². The molecule has 3 aliphatic heterocycles. The minimum atomic E-state index is -0.753. The Balaban J connectivity index is 0.707. The van der Waals surface area contributed by atoms with Crippen LogP contribution >= 0.6 is 23.5 Å². The Morgan fingerprint density at radius 3 is 2.11 bits per heavy atom. The number of carbonyl (C=O) groups is 3. The number of unbranched alkanes of at least 4 members (excludes halogenated alkanes) is 2. The quantitative estimate of drug-likeness (QED) is 0.0255. The van der Waals surface area contributed by atoms with Crippen LogP contribution in [0.3, 0.4) is 0 Å². The number of para-hydroxylation sites is 4. The number of aromatic amines is 1. The highest BCUT2D eigenvalue weighted by atomic mass is 32.2. The van der Waals surface area contributed by atoms with Crippen molar-refractivity contribution in [3.63, 3.8) is 0 Å². The first kappa shape index (κ1) is 57.7. The number of thioether (sulfide) groups is 2. The van der Waals surface area contributed by atoms with E-state index >= 15 is 0 Å². The third kappa shape index (κ3) is 14.5. The van der Waals surface area contributed by atoms with Gasteiger partial charge in [-0.1, -0.05) is 91.1 Å². The second-order valence-corrected chi connectivity index (χ2v) is 23.0. The zero-order valence-corrected chi connectivity index (χ0v) is 47.7. The number of amides is 3. The molecule has 4 atom stereocenters. The predicted octanol–water partition coefficient (Wildman–Crippen LogP) is 8.49. The first-order chi connectivity index (χ1) is 40.1. The lowest BCUT2D eigenvalue weighted by atomic mass is 10.1. The van der Waals surface area contributed by atoms with Crippen molar-refractivity contribution in [1.29, 1.82) is 0 Å². The molecule has 6 heterocycles. The van der Waals surface area contributed by atoms with Crippen LogP contribution in [0.15, 0.2) is 158 Å². The minimum absolute atomic E-state index is 0.0330. The number of rotatable bonds is 26. The zero-order chi connectivity index (χ0) is 56.8. The van der Waals surface area contributed by atoms with Crippen molar-refractivity contribution in [2.24, 2.45) is 0 Å². The number of nitrogens with zero attached hydrogens (tertiary/aromatic N) is 6. The highest BCUT2D eigenvalue weighted by Gasteiger charge is 2.35. The first-order valence-electron chi connectivity index (χ1n) is 28.4. The first-order valence-corrected chi connectivity index (χ1v) is 30.1. The van der Waals surface area contributed by atoms with Crippen LogP contribution in [0.5, 0.6) is 0 Å². The smallest absolute Gasteiger partial charge is 0.330 e. The summed E-state index contributed by atoms with van der Waals surface area (Å²) in [5.41, 5.74) is 5.46. The molecule has 19 heteroatoms. The molecule has 3 amide bonds. The van der Waals surface area contributed by atoms with E-state index in [2.05, 4.69) is 131 Å². The van der Waals surface area contributed by atoms with Gasteiger partial charge in [0.05, 0.1) is 50.6 Å². The molecular weight excluding hydrogens is 1070 g/mol. The summed E-state index contributed by atoms with van der Waals surface area (Å²) in [4.78, 5) is 85.9. The standard InChI is InChI=1S/C63H70N10O7S2/c1-2-53-52(74)41-59(80-53)73-42-45(62(78)69-63(73)79)25-26-58(77)68-33-38-70(36-31-66-56(75)23-11-13-34-71-50-19-7-9-21-54(50)81-60(71)39-43-27-29-64-48-17-5-3-15-46(43)48)37-32-67-57(76)24-12-14-35-72-51-20-8-10-22-55(51)82-61(72)40-44-28-30-65-49-18-6-4-16-47(44)49/h3-10,15-22,25-30,39,42,52-53,59,61,74H,2,11-14,23-24,31-38,40-41H2,1H3,(H,66,75)(H,67,76)(H,68,77)(H,69,78,79)/b26-25+,60-39-/t52-,53-,59-,61?/m1/s1. The van der Waals surface area contributed by atoms with Crippen LogP contribution in [0.4, 0.5) is 11.4 Å². The Morgan fingerprint density at radius 2 is 1.38 bits per heavy atom. The van der Waals surface area contributed by atoms with Crippen molar-refractivity contribution >= 4 is 86.6 Å². The van der Waals surface area contributed by atoms with Gasteiger partial charge in [-0.05, 0) is 104 Å². The van der Waals surface area contributed by atoms with E-state index in [-0.39, 0.29) is 35.7 Å². The summed E-state index contributed by atoms with van der Waals surface area (Å²) >= 11 is 3.64. The second kappa shape index (κ2) is 27.9. The average molecular weight is 1140 g/mol. The topological polar surface area (TPSA) is 207 Å². The summed E-state index contributed by atoms with van der Waals surface area (Å²) in [5.74, 6) is -0.526. The molecule has 10 rings (SSSR count). The summed E-state index contributed by atoms with van der Waals surface area (Å²) in [6, 6.07) is 37.5. The fourth-order valence-corrected chi connectivity index (χ4v) is 13.4. The van der Waals surface area contributed by atoms with Gasteiger partial charge in [0.1, 0.15) is 6.23 Å². The Labute approximate surface area is 485 Å². The van der Waals surface area contributed by atoms with E-state index in [0.717, 1.165) is 71.5 Å². The number of nitrogens with one attached hydrogen (secondary N) is 4. The molecular formula is C63H70N10O7S2. The van der Waals surface area contributed by atoms with Crippen LogP contribution in [0.25, 0.3) is 34.0 Å². The molecule has 0 spiro atoms. The van der Waals surface area contributed by atoms with E-state index in [1.807, 2.05) is 61.4 Å². The van der Waals surface area contributed by atoms with E-state index in [9.17, 15) is 29.1 Å². The van der Waals surface area contributed by atoms with Crippen molar-refractivity contribution in [2.45, 2.75) is 98.3 Å². The van der Waals surface area contributed by atoms with Gasteiger partial charge < -0.3 is 35.6 Å². The van der Waals surface area contributed by atoms with Crippen molar-refractivity contribution < 1.29 is 24.2 Å². The van der Waals surface area contributed by atoms with E-state index < -0.39 is 35.6 Å². The Kier molecular flexibility index (Phi) is 19.7. The maximum atomic E-state index is 13.3. The van der Waals surface area contributed by atoms with Crippen LogP contribution in [0.1, 0.15) is 81.2 Å². The third-order valence-electron chi connectivity index (χ3n) is 15.2. The number of fused-ring (bicyclic) bond motifs is 4. The van der Waals surface area contributed by atoms with E-state index in [4.69, 9.17) is 4.74 Å². The number of ether oxygens (including phenoxy) is 1. The van der Waals surface area contributed by atoms with Gasteiger partial charge in [-0.2, -0.15) is 0 Å². The highest BCUT2D eigenvalue weighted by molar-refractivity contribution is 8.04. The monoisotopic (exact) mass is 1140 g/mol. The lowest BCUT2D eigenvalue weighted by Crippen LogP contribution is -2.42. The molecule has 1 unspecified atom stereocenters. The Hall–Kier alpha value is -7.55. The van der Waals surface area contributed by atoms with E-state index in [1.165, 1.54) is 49.3 Å². The molecule has 0 saturated carbocycles. The fourth-order valence-electron chi connectivity index (χ4n) is 10.9. The summed E-state index contributed by atoms with van der Waals surface area (Å²) in [6.07, 6.45) is 13.4. The second-order valence-electron chi connectivity index (χ2n) is 20.7. The van der Waals surface area contributed by atoms with Crippen LogP contribution in [-0.2, 0) is 25.5 Å². The van der Waals surface area contributed by atoms with Gasteiger partial charge in [0.2, 0.25) is 17.7 Å². The van der Waals surface area contributed by atoms with Crippen molar-refractivity contribution in [2.75, 3.05) is 62.2 Å². The van der Waals surface area contributed by atoms with Gasteiger partial charge in [-0.25, -0.2) is 4.79 Å². The van der Waals surface area contributed by atoms with Gasteiger partial charge >= 0.3 is 5.69 Å². The normalized spacial score (nSPS) is 18.0. The SMILES string of the molecule is CC[C@H]1O[C@@H](n2cc(/C=C/C(=O)NCCN(CCNC(=O)CCCCN3/C(=C/c4ccnc5ccccc45)Sc4ccccc43)CCNC(=O)CCCCN3c4ccccc4SC3Cc3ccnc4ccccc34)c(=O)[nH]c2=O)C[C@H]1O. The summed E-state index contributed by atoms with van der Waals surface area (Å²) in [7, 11) is 0. The largest absolute Gasteiger partial charge is 0.390 e.